The molecule has 2 N–H and O–H groups in total. The Labute approximate surface area is 108 Å². The summed E-state index contributed by atoms with van der Waals surface area (Å²) in [6.07, 6.45) is 0. The second kappa shape index (κ2) is 5.65. The summed E-state index contributed by atoms with van der Waals surface area (Å²) < 4.78 is 10.6. The van der Waals surface area contributed by atoms with Crippen LogP contribution in [0.2, 0.25) is 0 Å². The summed E-state index contributed by atoms with van der Waals surface area (Å²) in [5, 5.41) is 0. The van der Waals surface area contributed by atoms with Crippen LogP contribution in [0, 0.1) is 6.92 Å². The molecule has 96 valence electrons. The molecule has 0 aliphatic heterocycles. The second-order valence-corrected chi connectivity index (χ2v) is 6.26. The van der Waals surface area contributed by atoms with Crippen LogP contribution in [0.5, 0.6) is 11.5 Å². The number of aryl methyl sites for hydroxylation is 1. The molecular weight excluding hydrogens is 234 g/mol. The van der Waals surface area contributed by atoms with E-state index in [4.69, 9.17) is 15.2 Å². The van der Waals surface area contributed by atoms with Gasteiger partial charge in [0.25, 0.3) is 0 Å². The zero-order chi connectivity index (χ0) is 13.1. The van der Waals surface area contributed by atoms with Gasteiger partial charge in [-0.15, -0.1) is 11.8 Å². The summed E-state index contributed by atoms with van der Waals surface area (Å²) in [6.45, 7) is 6.92. The number of methoxy groups -OCH3 is 2. The van der Waals surface area contributed by atoms with Crippen molar-refractivity contribution in [1.29, 1.82) is 0 Å². The van der Waals surface area contributed by atoms with Gasteiger partial charge in [-0.3, -0.25) is 0 Å². The van der Waals surface area contributed by atoms with Gasteiger partial charge in [-0.2, -0.15) is 0 Å². The Kier molecular flexibility index (Phi) is 4.71. The topological polar surface area (TPSA) is 44.5 Å². The van der Waals surface area contributed by atoms with Gasteiger partial charge in [0.05, 0.1) is 19.1 Å². The van der Waals surface area contributed by atoms with Gasteiger partial charge in [0, 0.05) is 17.4 Å². The molecule has 1 aromatic carbocycles. The largest absolute Gasteiger partial charge is 0.497 e. The number of nitrogens with two attached hydrogens (primary N) is 1. The van der Waals surface area contributed by atoms with Gasteiger partial charge in [-0.05, 0) is 32.4 Å². The fourth-order valence-electron chi connectivity index (χ4n) is 1.43. The van der Waals surface area contributed by atoms with Crippen LogP contribution in [0.4, 0.5) is 0 Å². The third-order valence-corrected chi connectivity index (χ3v) is 3.99. The van der Waals surface area contributed by atoms with Crippen LogP contribution in [0.3, 0.4) is 0 Å². The number of rotatable bonds is 5. The molecule has 0 amide bonds. The quantitative estimate of drug-likeness (QED) is 0.822. The van der Waals surface area contributed by atoms with E-state index in [1.54, 1.807) is 26.0 Å². The Morgan fingerprint density at radius 2 is 1.88 bits per heavy atom. The van der Waals surface area contributed by atoms with E-state index in [1.807, 2.05) is 12.1 Å². The van der Waals surface area contributed by atoms with E-state index in [-0.39, 0.29) is 4.75 Å². The predicted octanol–water partition coefficient (Wildman–Crippen LogP) is 2.84. The Hall–Kier alpha value is -0.870. The molecule has 0 saturated carbocycles. The van der Waals surface area contributed by atoms with Crippen molar-refractivity contribution in [2.24, 2.45) is 5.73 Å². The van der Waals surface area contributed by atoms with Crippen LogP contribution >= 0.6 is 11.8 Å². The molecule has 0 aliphatic rings. The van der Waals surface area contributed by atoms with Gasteiger partial charge < -0.3 is 15.2 Å². The number of benzene rings is 1. The minimum Gasteiger partial charge on any atom is -0.497 e. The zero-order valence-corrected chi connectivity index (χ0v) is 12.0. The molecule has 0 atom stereocenters. The van der Waals surface area contributed by atoms with E-state index in [9.17, 15) is 0 Å². The van der Waals surface area contributed by atoms with E-state index in [0.29, 0.717) is 6.54 Å². The van der Waals surface area contributed by atoms with Crippen LogP contribution in [-0.2, 0) is 0 Å². The number of thioether (sulfide) groups is 1. The molecule has 0 saturated heterocycles. The average Bonchev–Trinajstić information content (AvgIpc) is 2.31. The maximum absolute atomic E-state index is 5.77. The molecule has 1 aromatic rings. The van der Waals surface area contributed by atoms with E-state index in [2.05, 4.69) is 20.8 Å². The predicted molar refractivity (Wildman–Crippen MR) is 73.3 cm³/mol. The Morgan fingerprint density at radius 1 is 1.24 bits per heavy atom. The first-order valence-corrected chi connectivity index (χ1v) is 6.37. The highest BCUT2D eigenvalue weighted by molar-refractivity contribution is 8.00. The van der Waals surface area contributed by atoms with Gasteiger partial charge >= 0.3 is 0 Å². The van der Waals surface area contributed by atoms with Crippen molar-refractivity contribution >= 4 is 11.8 Å². The summed E-state index contributed by atoms with van der Waals surface area (Å²) in [5.41, 5.74) is 6.91. The Morgan fingerprint density at radius 3 is 2.35 bits per heavy atom. The summed E-state index contributed by atoms with van der Waals surface area (Å²) in [5.74, 6) is 1.66. The average molecular weight is 255 g/mol. The van der Waals surface area contributed by atoms with Crippen molar-refractivity contribution in [3.8, 4) is 11.5 Å². The normalized spacial score (nSPS) is 11.4. The lowest BCUT2D eigenvalue weighted by atomic mass is 10.2. The highest BCUT2D eigenvalue weighted by Gasteiger charge is 2.21. The lowest BCUT2D eigenvalue weighted by Gasteiger charge is -2.24. The lowest BCUT2D eigenvalue weighted by molar-refractivity contribution is 0.386. The molecular formula is C13H21NO2S. The van der Waals surface area contributed by atoms with Gasteiger partial charge in [0.15, 0.2) is 0 Å². The molecule has 0 heterocycles. The van der Waals surface area contributed by atoms with E-state index >= 15 is 0 Å². The summed E-state index contributed by atoms with van der Waals surface area (Å²) in [6, 6.07) is 3.92. The molecule has 17 heavy (non-hydrogen) atoms. The first-order chi connectivity index (χ1) is 7.93. The van der Waals surface area contributed by atoms with Crippen molar-refractivity contribution in [3.63, 3.8) is 0 Å². The molecule has 0 unspecified atom stereocenters. The molecule has 0 spiro atoms. The Balaban J connectivity index is 3.14. The van der Waals surface area contributed by atoms with E-state index < -0.39 is 0 Å². The summed E-state index contributed by atoms with van der Waals surface area (Å²) in [4.78, 5) is 1.13. The minimum absolute atomic E-state index is 0.00731. The smallest absolute Gasteiger partial charge is 0.136 e. The SMILES string of the molecule is COc1cc(C)c(SC(C)(C)CN)c(OC)c1. The molecule has 3 nitrogen and oxygen atoms in total. The van der Waals surface area contributed by atoms with E-state index in [1.165, 1.54) is 0 Å². The number of ether oxygens (including phenoxy) is 2. The van der Waals surface area contributed by atoms with Crippen LogP contribution in [0.25, 0.3) is 0 Å². The maximum atomic E-state index is 5.77. The molecule has 1 rings (SSSR count). The summed E-state index contributed by atoms with van der Waals surface area (Å²) in [7, 11) is 3.33. The van der Waals surface area contributed by atoms with Crippen molar-refractivity contribution in [2.45, 2.75) is 30.4 Å². The van der Waals surface area contributed by atoms with Crippen LogP contribution < -0.4 is 15.2 Å². The number of hydrogen-bond acceptors (Lipinski definition) is 4. The monoisotopic (exact) mass is 255 g/mol. The first-order valence-electron chi connectivity index (χ1n) is 5.55. The molecule has 0 aliphatic carbocycles. The number of hydrogen-bond donors (Lipinski definition) is 1. The van der Waals surface area contributed by atoms with Gasteiger partial charge in [0.1, 0.15) is 11.5 Å². The van der Waals surface area contributed by atoms with Crippen molar-refractivity contribution in [1.82, 2.24) is 0 Å². The first kappa shape index (κ1) is 14.2. The highest BCUT2D eigenvalue weighted by atomic mass is 32.2. The Bertz CT molecular complexity index is 391. The standard InChI is InChI=1S/C13H21NO2S/c1-9-6-10(15-4)7-11(16-5)12(9)17-13(2,3)8-14/h6-7H,8,14H2,1-5H3. The van der Waals surface area contributed by atoms with Crippen molar-refractivity contribution in [2.75, 3.05) is 20.8 Å². The molecule has 0 radical (unpaired) electrons. The van der Waals surface area contributed by atoms with Crippen LogP contribution in [0.1, 0.15) is 19.4 Å². The minimum atomic E-state index is -0.00731. The third kappa shape index (κ3) is 3.54. The second-order valence-electron chi connectivity index (χ2n) is 4.54. The fraction of sp³-hybridized carbons (Fsp3) is 0.538. The van der Waals surface area contributed by atoms with Crippen molar-refractivity contribution < 1.29 is 9.47 Å². The third-order valence-electron chi connectivity index (χ3n) is 2.54. The van der Waals surface area contributed by atoms with E-state index in [0.717, 1.165) is 22.0 Å². The van der Waals surface area contributed by atoms with Crippen molar-refractivity contribution in [3.05, 3.63) is 17.7 Å². The summed E-state index contributed by atoms with van der Waals surface area (Å²) >= 11 is 1.74. The maximum Gasteiger partial charge on any atom is 0.136 e. The van der Waals surface area contributed by atoms with Crippen LogP contribution in [-0.4, -0.2) is 25.5 Å². The zero-order valence-electron chi connectivity index (χ0n) is 11.2. The molecule has 4 heteroatoms. The van der Waals surface area contributed by atoms with Gasteiger partial charge in [0.2, 0.25) is 0 Å². The van der Waals surface area contributed by atoms with Crippen LogP contribution in [0.15, 0.2) is 17.0 Å². The molecule has 0 bridgehead atoms. The lowest BCUT2D eigenvalue weighted by Crippen LogP contribution is -2.26. The molecule has 0 aromatic heterocycles. The van der Waals surface area contributed by atoms with Gasteiger partial charge in [-0.25, -0.2) is 0 Å². The fourth-order valence-corrected chi connectivity index (χ4v) is 2.53. The highest BCUT2D eigenvalue weighted by Crippen LogP contribution is 2.41. The molecule has 0 fully saturated rings. The van der Waals surface area contributed by atoms with Gasteiger partial charge in [-0.1, -0.05) is 0 Å².